The molecule has 1 unspecified atom stereocenters. The van der Waals surface area contributed by atoms with E-state index in [-0.39, 0.29) is 0 Å². The van der Waals surface area contributed by atoms with Crippen molar-refractivity contribution in [2.45, 2.75) is 51.9 Å². The van der Waals surface area contributed by atoms with Crippen LogP contribution < -0.4 is 0 Å². The van der Waals surface area contributed by atoms with Crippen LogP contribution in [0.1, 0.15) is 57.4 Å². The molecule has 0 spiro atoms. The van der Waals surface area contributed by atoms with Gasteiger partial charge < -0.3 is 0 Å². The minimum absolute atomic E-state index is 0.769. The lowest BCUT2D eigenvalue weighted by atomic mass is 9.72. The fourth-order valence-corrected chi connectivity index (χ4v) is 3.37. The third-order valence-electron chi connectivity index (χ3n) is 4.06. The summed E-state index contributed by atoms with van der Waals surface area (Å²) in [7, 11) is 0. The van der Waals surface area contributed by atoms with Gasteiger partial charge in [0.1, 0.15) is 0 Å². The molecule has 0 heterocycles. The maximum atomic E-state index is 2.38. The monoisotopic (exact) mass is 216 g/mol. The van der Waals surface area contributed by atoms with Crippen LogP contribution in [-0.2, 0) is 0 Å². The van der Waals surface area contributed by atoms with Crippen molar-refractivity contribution >= 4 is 0 Å². The lowest BCUT2D eigenvalue weighted by Crippen LogP contribution is -2.20. The highest BCUT2D eigenvalue weighted by molar-refractivity contribution is 5.21. The Bertz CT molecular complexity index is 293. The zero-order valence-corrected chi connectivity index (χ0v) is 10.7. The van der Waals surface area contributed by atoms with Crippen molar-refractivity contribution in [1.82, 2.24) is 0 Å². The number of rotatable bonds is 3. The van der Waals surface area contributed by atoms with Crippen LogP contribution in [0.3, 0.4) is 0 Å². The van der Waals surface area contributed by atoms with Gasteiger partial charge in [0.25, 0.3) is 0 Å². The zero-order chi connectivity index (χ0) is 11.4. The molecule has 0 nitrogen and oxygen atoms in total. The van der Waals surface area contributed by atoms with Crippen molar-refractivity contribution in [2.24, 2.45) is 11.8 Å². The molecule has 0 bridgehead atoms. The topological polar surface area (TPSA) is 0 Å². The van der Waals surface area contributed by atoms with Crippen LogP contribution in [0, 0.1) is 11.8 Å². The third-order valence-corrected chi connectivity index (χ3v) is 4.06. The first-order valence-electron chi connectivity index (χ1n) is 6.84. The fourth-order valence-electron chi connectivity index (χ4n) is 3.37. The number of hydrogen-bond acceptors (Lipinski definition) is 0. The average Bonchev–Trinajstić information content (AvgIpc) is 2.31. The first kappa shape index (κ1) is 11.7. The highest BCUT2D eigenvalue weighted by Crippen LogP contribution is 2.40. The van der Waals surface area contributed by atoms with Gasteiger partial charge in [-0.2, -0.15) is 0 Å². The summed E-state index contributed by atoms with van der Waals surface area (Å²) >= 11 is 0. The van der Waals surface area contributed by atoms with Gasteiger partial charge in [-0.1, -0.05) is 63.4 Å². The molecule has 0 aliphatic heterocycles. The van der Waals surface area contributed by atoms with E-state index in [0.29, 0.717) is 0 Å². The predicted octanol–water partition coefficient (Wildman–Crippen LogP) is 5.01. The van der Waals surface area contributed by atoms with Gasteiger partial charge in [-0.3, -0.25) is 0 Å². The molecule has 1 aliphatic rings. The summed E-state index contributed by atoms with van der Waals surface area (Å²) < 4.78 is 0. The molecule has 1 fully saturated rings. The average molecular weight is 216 g/mol. The molecule has 0 heteroatoms. The van der Waals surface area contributed by atoms with E-state index in [0.717, 1.165) is 17.8 Å². The van der Waals surface area contributed by atoms with Crippen molar-refractivity contribution in [2.75, 3.05) is 0 Å². The molecule has 16 heavy (non-hydrogen) atoms. The minimum atomic E-state index is 0.769. The van der Waals surface area contributed by atoms with Gasteiger partial charge >= 0.3 is 0 Å². The van der Waals surface area contributed by atoms with Crippen LogP contribution >= 0.6 is 0 Å². The molecular formula is C16H24. The molecule has 1 aliphatic carbocycles. The maximum absolute atomic E-state index is 2.38. The third kappa shape index (κ3) is 2.66. The summed E-state index contributed by atoms with van der Waals surface area (Å²) in [5, 5.41) is 0. The Morgan fingerprint density at radius 2 is 1.56 bits per heavy atom. The van der Waals surface area contributed by atoms with Gasteiger partial charge in [-0.05, 0) is 36.2 Å². The standard InChI is InChI=1S/C16H24/c1-13(2)16(14-9-5-3-6-10-14)15-11-7-4-8-12-15/h3,5-6,9-10,13,15-16H,4,7-8,11-12H2,1-2H3. The molecule has 0 aromatic heterocycles. The van der Waals surface area contributed by atoms with E-state index in [1.54, 1.807) is 5.56 Å². The molecule has 88 valence electrons. The van der Waals surface area contributed by atoms with Crippen LogP contribution in [0.15, 0.2) is 30.3 Å². The predicted molar refractivity (Wildman–Crippen MR) is 70.6 cm³/mol. The van der Waals surface area contributed by atoms with E-state index in [9.17, 15) is 0 Å². The van der Waals surface area contributed by atoms with Gasteiger partial charge in [0.05, 0.1) is 0 Å². The second-order valence-corrected chi connectivity index (χ2v) is 5.58. The lowest BCUT2D eigenvalue weighted by Gasteiger charge is -2.33. The van der Waals surface area contributed by atoms with Crippen molar-refractivity contribution < 1.29 is 0 Å². The first-order chi connectivity index (χ1) is 7.79. The SMILES string of the molecule is CC(C)C(c1ccccc1)C1CCCCC1. The Morgan fingerprint density at radius 1 is 0.938 bits per heavy atom. The Labute approximate surface area is 100 Å². The van der Waals surface area contributed by atoms with Crippen LogP contribution in [0.4, 0.5) is 0 Å². The largest absolute Gasteiger partial charge is 0.0622 e. The molecule has 1 saturated carbocycles. The van der Waals surface area contributed by atoms with Gasteiger partial charge in [0, 0.05) is 0 Å². The normalized spacial score (nSPS) is 19.9. The quantitative estimate of drug-likeness (QED) is 0.666. The second kappa shape index (κ2) is 5.52. The van der Waals surface area contributed by atoms with Crippen LogP contribution in [-0.4, -0.2) is 0 Å². The highest BCUT2D eigenvalue weighted by Gasteiger charge is 2.27. The summed E-state index contributed by atoms with van der Waals surface area (Å²) in [4.78, 5) is 0. The van der Waals surface area contributed by atoms with Crippen LogP contribution in [0.25, 0.3) is 0 Å². The Kier molecular flexibility index (Phi) is 4.04. The summed E-state index contributed by atoms with van der Waals surface area (Å²) in [6.07, 6.45) is 7.23. The number of benzene rings is 1. The summed E-state index contributed by atoms with van der Waals surface area (Å²) in [6, 6.07) is 11.1. The van der Waals surface area contributed by atoms with Crippen molar-refractivity contribution in [3.63, 3.8) is 0 Å². The Hall–Kier alpha value is -0.780. The zero-order valence-electron chi connectivity index (χ0n) is 10.7. The minimum Gasteiger partial charge on any atom is -0.0622 e. The molecule has 1 aromatic rings. The smallest absolute Gasteiger partial charge is 0.0111 e. The molecule has 0 saturated heterocycles. The van der Waals surface area contributed by atoms with E-state index in [4.69, 9.17) is 0 Å². The highest BCUT2D eigenvalue weighted by atomic mass is 14.3. The lowest BCUT2D eigenvalue weighted by molar-refractivity contribution is 0.260. The summed E-state index contributed by atoms with van der Waals surface area (Å²) in [5.41, 5.74) is 1.56. The number of hydrogen-bond donors (Lipinski definition) is 0. The van der Waals surface area contributed by atoms with Gasteiger partial charge in [0.15, 0.2) is 0 Å². The van der Waals surface area contributed by atoms with E-state index in [1.807, 2.05) is 0 Å². The van der Waals surface area contributed by atoms with Gasteiger partial charge in [-0.25, -0.2) is 0 Å². The second-order valence-electron chi connectivity index (χ2n) is 5.58. The van der Waals surface area contributed by atoms with Crippen molar-refractivity contribution in [3.05, 3.63) is 35.9 Å². The van der Waals surface area contributed by atoms with E-state index < -0.39 is 0 Å². The molecular weight excluding hydrogens is 192 g/mol. The molecule has 2 rings (SSSR count). The first-order valence-corrected chi connectivity index (χ1v) is 6.84. The van der Waals surface area contributed by atoms with Gasteiger partial charge in [0.2, 0.25) is 0 Å². The van der Waals surface area contributed by atoms with Crippen molar-refractivity contribution in [1.29, 1.82) is 0 Å². The fraction of sp³-hybridized carbons (Fsp3) is 0.625. The van der Waals surface area contributed by atoms with Gasteiger partial charge in [-0.15, -0.1) is 0 Å². The Morgan fingerprint density at radius 3 is 2.12 bits per heavy atom. The van der Waals surface area contributed by atoms with Crippen LogP contribution in [0.5, 0.6) is 0 Å². The van der Waals surface area contributed by atoms with E-state index >= 15 is 0 Å². The van der Waals surface area contributed by atoms with E-state index in [1.165, 1.54) is 32.1 Å². The molecule has 0 N–H and O–H groups in total. The maximum Gasteiger partial charge on any atom is -0.0111 e. The summed E-state index contributed by atoms with van der Waals surface area (Å²) in [5.74, 6) is 2.48. The molecule has 0 amide bonds. The summed E-state index contributed by atoms with van der Waals surface area (Å²) in [6.45, 7) is 4.76. The van der Waals surface area contributed by atoms with E-state index in [2.05, 4.69) is 44.2 Å². The van der Waals surface area contributed by atoms with Crippen molar-refractivity contribution in [3.8, 4) is 0 Å². The molecule has 1 aromatic carbocycles. The Balaban J connectivity index is 2.16. The molecule has 1 atom stereocenters. The van der Waals surface area contributed by atoms with Crippen LogP contribution in [0.2, 0.25) is 0 Å². The molecule has 0 radical (unpaired) electrons.